The fraction of sp³-hybridized carbons (Fsp3) is 0.111. The van der Waals surface area contributed by atoms with E-state index >= 15 is 0 Å². The third kappa shape index (κ3) is 2.42. The van der Waals surface area contributed by atoms with Gasteiger partial charge in [-0.1, -0.05) is 0 Å². The van der Waals surface area contributed by atoms with Crippen LogP contribution in [0.5, 0.6) is 0 Å². The van der Waals surface area contributed by atoms with Gasteiger partial charge in [0.05, 0.1) is 0 Å². The second-order valence-electron chi connectivity index (χ2n) is 2.42. The molecule has 0 unspecified atom stereocenters. The van der Waals surface area contributed by atoms with E-state index in [0.717, 1.165) is 9.75 Å². The lowest BCUT2D eigenvalue weighted by Crippen LogP contribution is -1.96. The first kappa shape index (κ1) is 9.49. The Hall–Kier alpha value is -1.60. The van der Waals surface area contributed by atoms with Gasteiger partial charge in [-0.15, -0.1) is 11.3 Å². The lowest BCUT2D eigenvalue weighted by molar-refractivity contribution is -0.132. The number of thiophene rings is 1. The van der Waals surface area contributed by atoms with Gasteiger partial charge >= 0.3 is 5.97 Å². The van der Waals surface area contributed by atoms with Gasteiger partial charge in [0, 0.05) is 9.75 Å². The van der Waals surface area contributed by atoms with Gasteiger partial charge < -0.3 is 5.11 Å². The average Bonchev–Trinajstić information content (AvgIpc) is 2.46. The van der Waals surface area contributed by atoms with Crippen molar-refractivity contribution in [2.45, 2.75) is 6.92 Å². The van der Waals surface area contributed by atoms with Crippen LogP contribution in [0, 0.1) is 18.3 Å². The van der Waals surface area contributed by atoms with E-state index in [-0.39, 0.29) is 5.57 Å². The van der Waals surface area contributed by atoms with Gasteiger partial charge in [0.25, 0.3) is 0 Å². The van der Waals surface area contributed by atoms with E-state index in [9.17, 15) is 4.79 Å². The van der Waals surface area contributed by atoms with E-state index in [1.807, 2.05) is 13.0 Å². The Morgan fingerprint density at radius 3 is 2.77 bits per heavy atom. The number of rotatable bonds is 2. The lowest BCUT2D eigenvalue weighted by atomic mass is 10.2. The molecule has 0 saturated heterocycles. The standard InChI is InChI=1S/C9H7NO2S/c1-6-2-3-8(13-6)4-7(5-10)9(11)12/h2-4H,1H3,(H,11,12)/b7-4-. The smallest absolute Gasteiger partial charge is 0.346 e. The summed E-state index contributed by atoms with van der Waals surface area (Å²) in [7, 11) is 0. The summed E-state index contributed by atoms with van der Waals surface area (Å²) in [6.07, 6.45) is 1.38. The summed E-state index contributed by atoms with van der Waals surface area (Å²) in [5.74, 6) is -1.19. The van der Waals surface area contributed by atoms with Crippen LogP contribution in [0.2, 0.25) is 0 Å². The van der Waals surface area contributed by atoms with E-state index < -0.39 is 5.97 Å². The average molecular weight is 193 g/mol. The second-order valence-corrected chi connectivity index (χ2v) is 3.74. The van der Waals surface area contributed by atoms with Crippen molar-refractivity contribution in [2.75, 3.05) is 0 Å². The number of hydrogen-bond acceptors (Lipinski definition) is 3. The molecule has 0 spiro atoms. The van der Waals surface area contributed by atoms with Crippen molar-refractivity contribution < 1.29 is 9.90 Å². The van der Waals surface area contributed by atoms with Gasteiger partial charge in [-0.05, 0) is 25.1 Å². The highest BCUT2D eigenvalue weighted by Crippen LogP contribution is 2.18. The third-order valence-corrected chi connectivity index (χ3v) is 2.35. The minimum absolute atomic E-state index is 0.234. The van der Waals surface area contributed by atoms with Crippen LogP contribution in [0.25, 0.3) is 6.08 Å². The maximum Gasteiger partial charge on any atom is 0.346 e. The molecule has 0 fully saturated rings. The summed E-state index contributed by atoms with van der Waals surface area (Å²) in [5, 5.41) is 17.0. The number of carboxylic acid groups (broad SMARTS) is 1. The summed E-state index contributed by atoms with van der Waals surface area (Å²) >= 11 is 1.46. The molecular formula is C9H7NO2S. The van der Waals surface area contributed by atoms with Gasteiger partial charge in [0.15, 0.2) is 0 Å². The van der Waals surface area contributed by atoms with E-state index in [4.69, 9.17) is 10.4 Å². The minimum atomic E-state index is -1.19. The maximum atomic E-state index is 10.5. The van der Waals surface area contributed by atoms with Gasteiger partial charge in [-0.3, -0.25) is 0 Å². The Labute approximate surface area is 79.6 Å². The summed E-state index contributed by atoms with van der Waals surface area (Å²) < 4.78 is 0. The van der Waals surface area contributed by atoms with Gasteiger partial charge in [0.1, 0.15) is 11.6 Å². The van der Waals surface area contributed by atoms with Crippen molar-refractivity contribution in [1.82, 2.24) is 0 Å². The molecule has 0 atom stereocenters. The predicted octanol–water partition coefficient (Wildman–Crippen LogP) is 2.05. The van der Waals surface area contributed by atoms with Crippen molar-refractivity contribution >= 4 is 23.4 Å². The topological polar surface area (TPSA) is 61.1 Å². The monoisotopic (exact) mass is 193 g/mol. The van der Waals surface area contributed by atoms with Crippen LogP contribution in [0.15, 0.2) is 17.7 Å². The molecule has 1 N–H and O–H groups in total. The fourth-order valence-electron chi connectivity index (χ4n) is 0.815. The zero-order valence-corrected chi connectivity index (χ0v) is 7.76. The van der Waals surface area contributed by atoms with E-state index in [1.165, 1.54) is 17.4 Å². The number of aryl methyl sites for hydroxylation is 1. The molecule has 0 amide bonds. The van der Waals surface area contributed by atoms with Crippen LogP contribution >= 0.6 is 11.3 Å². The zero-order chi connectivity index (χ0) is 9.84. The molecule has 0 aromatic carbocycles. The fourth-order valence-corrected chi connectivity index (χ4v) is 1.64. The summed E-state index contributed by atoms with van der Waals surface area (Å²) in [6, 6.07) is 5.30. The number of aliphatic carboxylic acids is 1. The van der Waals surface area contributed by atoms with Gasteiger partial charge in [-0.25, -0.2) is 4.79 Å². The number of nitriles is 1. The molecule has 1 heterocycles. The van der Waals surface area contributed by atoms with Crippen molar-refractivity contribution in [3.63, 3.8) is 0 Å². The van der Waals surface area contributed by atoms with Crippen LogP contribution in [-0.2, 0) is 4.79 Å². The third-order valence-electron chi connectivity index (χ3n) is 1.40. The molecule has 0 aliphatic heterocycles. The normalized spacial score (nSPS) is 10.9. The molecule has 0 radical (unpaired) electrons. The second kappa shape index (κ2) is 3.87. The Bertz CT molecular complexity index is 398. The lowest BCUT2D eigenvalue weighted by Gasteiger charge is -1.87. The highest BCUT2D eigenvalue weighted by atomic mass is 32.1. The number of carbonyl (C=O) groups is 1. The Morgan fingerprint density at radius 1 is 1.69 bits per heavy atom. The molecule has 66 valence electrons. The van der Waals surface area contributed by atoms with Crippen LogP contribution in [0.1, 0.15) is 9.75 Å². The first-order chi connectivity index (χ1) is 6.13. The van der Waals surface area contributed by atoms with Gasteiger partial charge in [0.2, 0.25) is 0 Å². The van der Waals surface area contributed by atoms with Gasteiger partial charge in [-0.2, -0.15) is 5.26 Å². The SMILES string of the molecule is Cc1ccc(/C=C(/C#N)C(=O)O)s1. The van der Waals surface area contributed by atoms with Crippen LogP contribution in [0.4, 0.5) is 0 Å². The summed E-state index contributed by atoms with van der Waals surface area (Å²) in [6.45, 7) is 1.93. The first-order valence-electron chi connectivity index (χ1n) is 3.55. The van der Waals surface area contributed by atoms with Crippen LogP contribution in [0.3, 0.4) is 0 Å². The molecule has 0 bridgehead atoms. The molecule has 3 nitrogen and oxygen atoms in total. The van der Waals surface area contributed by atoms with Crippen LogP contribution < -0.4 is 0 Å². The summed E-state index contributed by atoms with van der Waals surface area (Å²) in [4.78, 5) is 12.3. The summed E-state index contributed by atoms with van der Waals surface area (Å²) in [5.41, 5.74) is -0.234. The molecule has 1 aromatic rings. The molecule has 0 saturated carbocycles. The Balaban J connectivity index is 3.00. The first-order valence-corrected chi connectivity index (χ1v) is 4.36. The number of nitrogens with zero attached hydrogens (tertiary/aromatic N) is 1. The molecule has 4 heteroatoms. The minimum Gasteiger partial charge on any atom is -0.477 e. The van der Waals surface area contributed by atoms with Crippen molar-refractivity contribution in [1.29, 1.82) is 5.26 Å². The van der Waals surface area contributed by atoms with Crippen LogP contribution in [-0.4, -0.2) is 11.1 Å². The highest BCUT2D eigenvalue weighted by molar-refractivity contribution is 7.12. The number of hydrogen-bond donors (Lipinski definition) is 1. The maximum absolute atomic E-state index is 10.5. The molecule has 1 rings (SSSR count). The van der Waals surface area contributed by atoms with Crippen molar-refractivity contribution in [3.05, 3.63) is 27.5 Å². The Kier molecular flexibility index (Phi) is 2.83. The van der Waals surface area contributed by atoms with Crippen molar-refractivity contribution in [2.24, 2.45) is 0 Å². The molecule has 13 heavy (non-hydrogen) atoms. The molecule has 1 aromatic heterocycles. The molecule has 0 aliphatic carbocycles. The zero-order valence-electron chi connectivity index (χ0n) is 6.94. The quantitative estimate of drug-likeness (QED) is 0.577. The molecule has 0 aliphatic rings. The van der Waals surface area contributed by atoms with E-state index in [2.05, 4.69) is 0 Å². The number of carboxylic acids is 1. The Morgan fingerprint density at radius 2 is 2.38 bits per heavy atom. The van der Waals surface area contributed by atoms with E-state index in [0.29, 0.717) is 0 Å². The van der Waals surface area contributed by atoms with E-state index in [1.54, 1.807) is 12.1 Å². The van der Waals surface area contributed by atoms with Crippen molar-refractivity contribution in [3.8, 4) is 6.07 Å². The highest BCUT2D eigenvalue weighted by Gasteiger charge is 2.05. The predicted molar refractivity (Wildman–Crippen MR) is 50.3 cm³/mol. The largest absolute Gasteiger partial charge is 0.477 e. The molecular weight excluding hydrogens is 186 g/mol.